The van der Waals surface area contributed by atoms with Gasteiger partial charge in [0.25, 0.3) is 5.91 Å². The zero-order valence-electron chi connectivity index (χ0n) is 13.7. The zero-order valence-corrected chi connectivity index (χ0v) is 13.7. The van der Waals surface area contributed by atoms with Crippen molar-refractivity contribution in [2.24, 2.45) is 0 Å². The maximum Gasteiger partial charge on any atom is 0.310 e. The Bertz CT molecular complexity index is 761. The molecule has 1 atom stereocenters. The molecule has 0 fully saturated rings. The molecule has 130 valence electrons. The SMILES string of the molecule is CC(=O)[C@H](Cc1ccccc1)NC(=O)COc1ccccc1[N+](=O)[O-]. The van der Waals surface area contributed by atoms with E-state index in [1.807, 2.05) is 30.3 Å². The van der Waals surface area contributed by atoms with E-state index in [0.717, 1.165) is 5.56 Å². The molecule has 2 aromatic rings. The van der Waals surface area contributed by atoms with Crippen molar-refractivity contribution in [1.82, 2.24) is 5.32 Å². The third-order valence-corrected chi connectivity index (χ3v) is 3.53. The van der Waals surface area contributed by atoms with Crippen LogP contribution in [0.2, 0.25) is 0 Å². The number of rotatable bonds is 8. The maximum atomic E-state index is 12.0. The summed E-state index contributed by atoms with van der Waals surface area (Å²) >= 11 is 0. The summed E-state index contributed by atoms with van der Waals surface area (Å²) in [6.45, 7) is 0.986. The Hall–Kier alpha value is -3.22. The molecular formula is C18H18N2O5. The Morgan fingerprint density at radius 1 is 1.12 bits per heavy atom. The van der Waals surface area contributed by atoms with Gasteiger partial charge >= 0.3 is 5.69 Å². The normalized spacial score (nSPS) is 11.4. The van der Waals surface area contributed by atoms with Gasteiger partial charge in [0.15, 0.2) is 18.1 Å². The van der Waals surface area contributed by atoms with Gasteiger partial charge in [-0.1, -0.05) is 42.5 Å². The quantitative estimate of drug-likeness (QED) is 0.586. The average molecular weight is 342 g/mol. The van der Waals surface area contributed by atoms with E-state index < -0.39 is 23.5 Å². The molecular weight excluding hydrogens is 324 g/mol. The number of nitro benzene ring substituents is 1. The fourth-order valence-corrected chi connectivity index (χ4v) is 2.26. The summed E-state index contributed by atoms with van der Waals surface area (Å²) in [5, 5.41) is 13.5. The van der Waals surface area contributed by atoms with Crippen molar-refractivity contribution >= 4 is 17.4 Å². The van der Waals surface area contributed by atoms with Gasteiger partial charge in [-0.3, -0.25) is 19.7 Å². The lowest BCUT2D eigenvalue weighted by molar-refractivity contribution is -0.385. The van der Waals surface area contributed by atoms with E-state index in [-0.39, 0.29) is 17.2 Å². The predicted molar refractivity (Wildman–Crippen MR) is 91.3 cm³/mol. The predicted octanol–water partition coefficient (Wildman–Crippen LogP) is 2.29. The molecule has 1 N–H and O–H groups in total. The monoisotopic (exact) mass is 342 g/mol. The summed E-state index contributed by atoms with van der Waals surface area (Å²) in [5.41, 5.74) is 0.699. The first-order chi connectivity index (χ1) is 12.0. The summed E-state index contributed by atoms with van der Waals surface area (Å²) in [7, 11) is 0. The van der Waals surface area contributed by atoms with Crippen LogP contribution in [0.25, 0.3) is 0 Å². The van der Waals surface area contributed by atoms with Gasteiger partial charge < -0.3 is 10.1 Å². The molecule has 0 saturated heterocycles. The van der Waals surface area contributed by atoms with Gasteiger partial charge in [0.2, 0.25) is 0 Å². The summed E-state index contributed by atoms with van der Waals surface area (Å²) in [4.78, 5) is 34.1. The minimum Gasteiger partial charge on any atom is -0.477 e. The van der Waals surface area contributed by atoms with Crippen molar-refractivity contribution in [2.75, 3.05) is 6.61 Å². The molecule has 2 rings (SSSR count). The van der Waals surface area contributed by atoms with Crippen molar-refractivity contribution in [3.8, 4) is 5.75 Å². The standard InChI is InChI=1S/C18H18N2O5/c1-13(21)15(11-14-7-3-2-4-8-14)19-18(22)12-25-17-10-6-5-9-16(17)20(23)24/h2-10,15H,11-12H2,1H3,(H,19,22)/t15-/m0/s1. The Balaban J connectivity index is 1.96. The number of carbonyl (C=O) groups is 2. The van der Waals surface area contributed by atoms with E-state index >= 15 is 0 Å². The minimum absolute atomic E-state index is 0.00471. The maximum absolute atomic E-state index is 12.0. The zero-order chi connectivity index (χ0) is 18.2. The van der Waals surface area contributed by atoms with E-state index in [1.165, 1.54) is 25.1 Å². The number of carbonyl (C=O) groups excluding carboxylic acids is 2. The van der Waals surface area contributed by atoms with Crippen molar-refractivity contribution < 1.29 is 19.2 Å². The van der Waals surface area contributed by atoms with Gasteiger partial charge in [-0.15, -0.1) is 0 Å². The fraction of sp³-hybridized carbons (Fsp3) is 0.222. The topological polar surface area (TPSA) is 98.5 Å². The van der Waals surface area contributed by atoms with Crippen molar-refractivity contribution in [2.45, 2.75) is 19.4 Å². The lowest BCUT2D eigenvalue weighted by Gasteiger charge is -2.16. The van der Waals surface area contributed by atoms with Crippen molar-refractivity contribution in [1.29, 1.82) is 0 Å². The minimum atomic E-state index is -0.677. The van der Waals surface area contributed by atoms with Gasteiger partial charge in [0.1, 0.15) is 0 Å². The van der Waals surface area contributed by atoms with Gasteiger partial charge in [-0.25, -0.2) is 0 Å². The molecule has 0 saturated carbocycles. The molecule has 0 bridgehead atoms. The molecule has 0 radical (unpaired) electrons. The first-order valence-electron chi connectivity index (χ1n) is 7.67. The number of hydrogen-bond acceptors (Lipinski definition) is 5. The molecule has 0 aromatic heterocycles. The van der Waals surface area contributed by atoms with Crippen molar-refractivity contribution in [3.05, 3.63) is 70.3 Å². The first-order valence-corrected chi connectivity index (χ1v) is 7.67. The van der Waals surface area contributed by atoms with E-state index in [4.69, 9.17) is 4.74 Å². The molecule has 7 nitrogen and oxygen atoms in total. The molecule has 2 aromatic carbocycles. The van der Waals surface area contributed by atoms with Crippen LogP contribution in [-0.4, -0.2) is 29.3 Å². The van der Waals surface area contributed by atoms with Gasteiger partial charge in [-0.05, 0) is 25.0 Å². The summed E-state index contributed by atoms with van der Waals surface area (Å²) in [6.07, 6.45) is 0.368. The number of para-hydroxylation sites is 2. The molecule has 0 aliphatic heterocycles. The lowest BCUT2D eigenvalue weighted by atomic mass is 10.0. The molecule has 1 amide bonds. The number of hydrogen-bond donors (Lipinski definition) is 1. The number of nitrogens with one attached hydrogen (secondary N) is 1. The van der Waals surface area contributed by atoms with E-state index in [2.05, 4.69) is 5.32 Å². The van der Waals surface area contributed by atoms with Crippen LogP contribution in [0.1, 0.15) is 12.5 Å². The molecule has 0 aliphatic carbocycles. The number of amides is 1. The molecule has 25 heavy (non-hydrogen) atoms. The van der Waals surface area contributed by atoms with Crippen LogP contribution in [0.5, 0.6) is 5.75 Å². The van der Waals surface area contributed by atoms with Gasteiger partial charge in [0.05, 0.1) is 11.0 Å². The first kappa shape index (κ1) is 18.1. The van der Waals surface area contributed by atoms with Crippen LogP contribution in [0.3, 0.4) is 0 Å². The highest BCUT2D eigenvalue weighted by molar-refractivity contribution is 5.88. The van der Waals surface area contributed by atoms with Crippen LogP contribution >= 0.6 is 0 Å². The Morgan fingerprint density at radius 3 is 2.40 bits per heavy atom. The molecule has 0 aliphatic rings. The van der Waals surface area contributed by atoms with E-state index in [1.54, 1.807) is 6.07 Å². The number of nitrogens with zero attached hydrogens (tertiary/aromatic N) is 1. The third kappa shape index (κ3) is 5.42. The second kappa shape index (κ2) is 8.58. The Morgan fingerprint density at radius 2 is 1.76 bits per heavy atom. The molecule has 7 heteroatoms. The van der Waals surface area contributed by atoms with Crippen LogP contribution < -0.4 is 10.1 Å². The van der Waals surface area contributed by atoms with Gasteiger partial charge in [-0.2, -0.15) is 0 Å². The van der Waals surface area contributed by atoms with E-state index in [9.17, 15) is 19.7 Å². The highest BCUT2D eigenvalue weighted by atomic mass is 16.6. The summed E-state index contributed by atoms with van der Waals surface area (Å²) in [5.74, 6) is -0.692. The summed E-state index contributed by atoms with van der Waals surface area (Å²) in [6, 6.07) is 14.4. The number of Topliss-reactive ketones (excluding diaryl/α,β-unsaturated/α-hetero) is 1. The van der Waals surface area contributed by atoms with Crippen LogP contribution in [-0.2, 0) is 16.0 Å². The highest BCUT2D eigenvalue weighted by Crippen LogP contribution is 2.25. The van der Waals surface area contributed by atoms with Crippen LogP contribution in [0.4, 0.5) is 5.69 Å². The summed E-state index contributed by atoms with van der Waals surface area (Å²) < 4.78 is 5.23. The average Bonchev–Trinajstić information content (AvgIpc) is 2.60. The highest BCUT2D eigenvalue weighted by Gasteiger charge is 2.19. The fourth-order valence-electron chi connectivity index (χ4n) is 2.26. The number of ether oxygens (including phenoxy) is 1. The van der Waals surface area contributed by atoms with E-state index in [0.29, 0.717) is 6.42 Å². The second-order valence-electron chi connectivity index (χ2n) is 5.43. The lowest BCUT2D eigenvalue weighted by Crippen LogP contribution is -2.43. The smallest absolute Gasteiger partial charge is 0.310 e. The molecule has 0 spiro atoms. The van der Waals surface area contributed by atoms with Crippen LogP contribution in [0.15, 0.2) is 54.6 Å². The largest absolute Gasteiger partial charge is 0.477 e. The Labute approximate surface area is 144 Å². The Kier molecular flexibility index (Phi) is 6.22. The van der Waals surface area contributed by atoms with Crippen LogP contribution in [0, 0.1) is 10.1 Å². The second-order valence-corrected chi connectivity index (χ2v) is 5.43. The number of ketones is 1. The molecule has 0 unspecified atom stereocenters. The van der Waals surface area contributed by atoms with Crippen molar-refractivity contribution in [3.63, 3.8) is 0 Å². The number of nitro groups is 1. The number of benzene rings is 2. The third-order valence-electron chi connectivity index (χ3n) is 3.53. The van der Waals surface area contributed by atoms with Gasteiger partial charge in [0, 0.05) is 6.07 Å². The molecule has 0 heterocycles.